The van der Waals surface area contributed by atoms with Crippen LogP contribution in [0.15, 0.2) is 12.3 Å². The molecule has 0 aliphatic carbocycles. The minimum atomic E-state index is -1.15. The van der Waals surface area contributed by atoms with Crippen LogP contribution in [0.3, 0.4) is 0 Å². The highest BCUT2D eigenvalue weighted by molar-refractivity contribution is 5.92. The van der Waals surface area contributed by atoms with Crippen LogP contribution >= 0.6 is 0 Å². The third kappa shape index (κ3) is 2.00. The number of carboxylic acids is 1. The lowest BCUT2D eigenvalue weighted by Gasteiger charge is -2.08. The molecule has 0 atom stereocenters. The van der Waals surface area contributed by atoms with Crippen molar-refractivity contribution in [1.82, 2.24) is 14.8 Å². The molecule has 0 aliphatic rings. The number of aromatic nitrogens is 3. The fraction of sp³-hybridized carbons (Fsp3) is 0.250. The fourth-order valence-corrected chi connectivity index (χ4v) is 2.07. The van der Waals surface area contributed by atoms with Gasteiger partial charge in [-0.1, -0.05) is 0 Å². The minimum Gasteiger partial charge on any atom is -0.478 e. The van der Waals surface area contributed by atoms with Crippen LogP contribution in [0.4, 0.5) is 5.69 Å². The summed E-state index contributed by atoms with van der Waals surface area (Å²) < 4.78 is 1.20. The zero-order valence-corrected chi connectivity index (χ0v) is 11.1. The molecule has 0 amide bonds. The van der Waals surface area contributed by atoms with E-state index in [1.54, 1.807) is 13.0 Å². The first kappa shape index (κ1) is 13.7. The number of carbonyl (C=O) groups is 1. The fourth-order valence-electron chi connectivity index (χ4n) is 2.07. The van der Waals surface area contributed by atoms with Crippen molar-refractivity contribution in [3.63, 3.8) is 0 Å². The maximum absolute atomic E-state index is 11.3. The number of rotatable bonds is 3. The summed E-state index contributed by atoms with van der Waals surface area (Å²) in [5.74, 6) is -1.08. The summed E-state index contributed by atoms with van der Waals surface area (Å²) in [6.07, 6.45) is 1.44. The third-order valence-electron chi connectivity index (χ3n) is 2.99. The highest BCUT2D eigenvalue weighted by Crippen LogP contribution is 2.26. The Morgan fingerprint density at radius 3 is 2.55 bits per heavy atom. The van der Waals surface area contributed by atoms with Gasteiger partial charge in [-0.25, -0.2) is 14.5 Å². The van der Waals surface area contributed by atoms with E-state index in [1.807, 2.05) is 0 Å². The number of nitro groups is 1. The van der Waals surface area contributed by atoms with Crippen LogP contribution < -0.4 is 0 Å². The summed E-state index contributed by atoms with van der Waals surface area (Å²) in [5.41, 5.74) is 0.815. The van der Waals surface area contributed by atoms with Gasteiger partial charge in [-0.05, 0) is 32.4 Å². The summed E-state index contributed by atoms with van der Waals surface area (Å²) in [5, 5.41) is 24.3. The molecule has 0 fully saturated rings. The molecule has 0 radical (unpaired) electrons. The van der Waals surface area contributed by atoms with Crippen molar-refractivity contribution in [3.8, 4) is 5.82 Å². The Labute approximate surface area is 113 Å². The molecular formula is C12H12N4O4. The SMILES string of the molecule is Cc1ccnc(-n2nc(C)c([N+](=O)[O-])c2C)c1C(=O)O. The molecule has 8 heteroatoms. The molecule has 2 heterocycles. The predicted octanol–water partition coefficient (Wildman–Crippen LogP) is 1.80. The lowest BCUT2D eigenvalue weighted by Crippen LogP contribution is -2.12. The summed E-state index contributed by atoms with van der Waals surface area (Å²) >= 11 is 0. The van der Waals surface area contributed by atoms with Crippen molar-refractivity contribution >= 4 is 11.7 Å². The Morgan fingerprint density at radius 1 is 1.40 bits per heavy atom. The van der Waals surface area contributed by atoms with E-state index in [0.29, 0.717) is 5.56 Å². The monoisotopic (exact) mass is 276 g/mol. The van der Waals surface area contributed by atoms with Gasteiger partial charge in [-0.2, -0.15) is 5.10 Å². The average molecular weight is 276 g/mol. The van der Waals surface area contributed by atoms with Gasteiger partial charge in [0.15, 0.2) is 5.82 Å². The van der Waals surface area contributed by atoms with Crippen LogP contribution in [0.2, 0.25) is 0 Å². The van der Waals surface area contributed by atoms with Crippen molar-refractivity contribution < 1.29 is 14.8 Å². The maximum Gasteiger partial charge on any atom is 0.339 e. The number of carboxylic acid groups (broad SMARTS) is 1. The summed E-state index contributed by atoms with van der Waals surface area (Å²) in [4.78, 5) is 25.8. The molecule has 104 valence electrons. The van der Waals surface area contributed by atoms with E-state index < -0.39 is 10.9 Å². The van der Waals surface area contributed by atoms with Gasteiger partial charge in [0.25, 0.3) is 0 Å². The van der Waals surface area contributed by atoms with Crippen LogP contribution in [-0.4, -0.2) is 30.8 Å². The molecule has 0 spiro atoms. The Balaban J connectivity index is 2.77. The third-order valence-corrected chi connectivity index (χ3v) is 2.99. The molecule has 0 aliphatic heterocycles. The second kappa shape index (κ2) is 4.72. The van der Waals surface area contributed by atoms with E-state index in [0.717, 1.165) is 0 Å². The quantitative estimate of drug-likeness (QED) is 0.675. The van der Waals surface area contributed by atoms with Crippen molar-refractivity contribution in [2.24, 2.45) is 0 Å². The molecule has 0 saturated heterocycles. The molecule has 2 aromatic rings. The standard InChI is InChI=1S/C12H12N4O4/c1-6-4-5-13-11(9(6)12(17)18)15-8(3)10(16(19)20)7(2)14-15/h4-5H,1-3H3,(H,17,18). The largest absolute Gasteiger partial charge is 0.478 e. The van der Waals surface area contributed by atoms with Crippen LogP contribution in [0, 0.1) is 30.9 Å². The predicted molar refractivity (Wildman–Crippen MR) is 69.2 cm³/mol. The first-order chi connectivity index (χ1) is 9.34. The molecule has 0 aromatic carbocycles. The van der Waals surface area contributed by atoms with Crippen molar-refractivity contribution in [2.45, 2.75) is 20.8 Å². The second-order valence-corrected chi connectivity index (χ2v) is 4.32. The van der Waals surface area contributed by atoms with E-state index >= 15 is 0 Å². The molecule has 0 bridgehead atoms. The number of hydrogen-bond acceptors (Lipinski definition) is 5. The normalized spacial score (nSPS) is 10.6. The Hall–Kier alpha value is -2.77. The molecule has 0 unspecified atom stereocenters. The highest BCUT2D eigenvalue weighted by atomic mass is 16.6. The minimum absolute atomic E-state index is 0.0204. The van der Waals surface area contributed by atoms with Gasteiger partial charge in [0.05, 0.1) is 4.92 Å². The summed E-state index contributed by atoms with van der Waals surface area (Å²) in [7, 11) is 0. The molecule has 8 nitrogen and oxygen atoms in total. The first-order valence-corrected chi connectivity index (χ1v) is 5.74. The zero-order chi connectivity index (χ0) is 15.0. The smallest absolute Gasteiger partial charge is 0.339 e. The molecule has 1 N–H and O–H groups in total. The Morgan fingerprint density at radius 2 is 2.05 bits per heavy atom. The van der Waals surface area contributed by atoms with Crippen LogP contribution in [-0.2, 0) is 0 Å². The molecule has 20 heavy (non-hydrogen) atoms. The van der Waals surface area contributed by atoms with Crippen LogP contribution in [0.1, 0.15) is 27.3 Å². The number of aryl methyl sites for hydroxylation is 2. The Kier molecular flexibility index (Phi) is 3.23. The second-order valence-electron chi connectivity index (χ2n) is 4.32. The van der Waals surface area contributed by atoms with E-state index in [1.165, 1.54) is 24.7 Å². The van der Waals surface area contributed by atoms with Gasteiger partial charge < -0.3 is 5.11 Å². The van der Waals surface area contributed by atoms with Crippen LogP contribution in [0.25, 0.3) is 5.82 Å². The number of hydrogen-bond donors (Lipinski definition) is 1. The number of nitrogens with zero attached hydrogens (tertiary/aromatic N) is 4. The van der Waals surface area contributed by atoms with E-state index in [4.69, 9.17) is 0 Å². The van der Waals surface area contributed by atoms with Gasteiger partial charge in [0.2, 0.25) is 0 Å². The average Bonchev–Trinajstić information content (AvgIpc) is 2.63. The molecule has 0 saturated carbocycles. The van der Waals surface area contributed by atoms with E-state index in [-0.39, 0.29) is 28.5 Å². The van der Waals surface area contributed by atoms with Gasteiger partial charge in [-0.15, -0.1) is 0 Å². The molecule has 2 rings (SSSR count). The van der Waals surface area contributed by atoms with Crippen molar-refractivity contribution in [2.75, 3.05) is 0 Å². The van der Waals surface area contributed by atoms with Gasteiger partial charge in [0, 0.05) is 6.20 Å². The Bertz CT molecular complexity index is 720. The van der Waals surface area contributed by atoms with E-state index in [2.05, 4.69) is 10.1 Å². The van der Waals surface area contributed by atoms with Gasteiger partial charge in [0.1, 0.15) is 17.0 Å². The number of aromatic carboxylic acids is 1. The van der Waals surface area contributed by atoms with Crippen molar-refractivity contribution in [1.29, 1.82) is 0 Å². The lowest BCUT2D eigenvalue weighted by molar-refractivity contribution is -0.386. The summed E-state index contributed by atoms with van der Waals surface area (Å²) in [6, 6.07) is 1.56. The molecular weight excluding hydrogens is 264 g/mol. The highest BCUT2D eigenvalue weighted by Gasteiger charge is 2.26. The zero-order valence-electron chi connectivity index (χ0n) is 11.1. The summed E-state index contributed by atoms with van der Waals surface area (Å²) in [6.45, 7) is 4.64. The van der Waals surface area contributed by atoms with Gasteiger partial charge in [-0.3, -0.25) is 10.1 Å². The van der Waals surface area contributed by atoms with Crippen molar-refractivity contribution in [3.05, 3.63) is 44.9 Å². The first-order valence-electron chi connectivity index (χ1n) is 5.74. The van der Waals surface area contributed by atoms with E-state index in [9.17, 15) is 20.0 Å². The van der Waals surface area contributed by atoms with Crippen LogP contribution in [0.5, 0.6) is 0 Å². The molecule has 2 aromatic heterocycles. The van der Waals surface area contributed by atoms with Gasteiger partial charge >= 0.3 is 11.7 Å². The lowest BCUT2D eigenvalue weighted by atomic mass is 10.1. The number of pyridine rings is 1. The topological polar surface area (TPSA) is 111 Å². The maximum atomic E-state index is 11.3.